The predicted molar refractivity (Wildman–Crippen MR) is 84.0 cm³/mol. The molecule has 3 rings (SSSR count). The Morgan fingerprint density at radius 3 is 2.23 bits per heavy atom. The van der Waals surface area contributed by atoms with Crippen LogP contribution in [0.1, 0.15) is 70.6 Å². The van der Waals surface area contributed by atoms with Crippen LogP contribution in [-0.2, 0) is 9.53 Å². The van der Waals surface area contributed by atoms with Gasteiger partial charge >= 0.3 is 0 Å². The lowest BCUT2D eigenvalue weighted by atomic mass is 9.64. The van der Waals surface area contributed by atoms with E-state index in [0.717, 1.165) is 12.8 Å². The van der Waals surface area contributed by atoms with E-state index < -0.39 is 5.41 Å². The second kappa shape index (κ2) is 6.58. The fraction of sp³-hybridized carbons (Fsp3) is 0.889. The standard InChI is InChI=1S/C18H28N2O2/c19-14-18(10-12-22-13-11-18)16(21)20-15-4-8-17(9-5-15)6-2-1-3-7-17/h15H,1-13H2,(H,20,21). The number of amides is 1. The number of rotatable bonds is 2. The van der Waals surface area contributed by atoms with Crippen LogP contribution in [0.4, 0.5) is 0 Å². The van der Waals surface area contributed by atoms with E-state index in [9.17, 15) is 10.1 Å². The number of nitriles is 1. The van der Waals surface area contributed by atoms with Crippen molar-refractivity contribution < 1.29 is 9.53 Å². The first-order chi connectivity index (χ1) is 10.7. The van der Waals surface area contributed by atoms with Gasteiger partial charge in [-0.2, -0.15) is 5.26 Å². The van der Waals surface area contributed by atoms with Gasteiger partial charge in [-0.05, 0) is 56.8 Å². The molecule has 122 valence electrons. The van der Waals surface area contributed by atoms with Crippen LogP contribution < -0.4 is 5.32 Å². The Morgan fingerprint density at radius 2 is 1.64 bits per heavy atom. The molecule has 4 nitrogen and oxygen atoms in total. The molecule has 1 spiro atoms. The lowest BCUT2D eigenvalue weighted by Gasteiger charge is -2.43. The van der Waals surface area contributed by atoms with E-state index in [1.165, 1.54) is 44.9 Å². The number of nitrogens with zero attached hydrogens (tertiary/aromatic N) is 1. The van der Waals surface area contributed by atoms with E-state index in [1.807, 2.05) is 0 Å². The summed E-state index contributed by atoms with van der Waals surface area (Å²) < 4.78 is 5.31. The van der Waals surface area contributed by atoms with E-state index in [-0.39, 0.29) is 11.9 Å². The predicted octanol–water partition coefficient (Wildman–Crippen LogP) is 3.32. The molecule has 2 saturated carbocycles. The average Bonchev–Trinajstić information content (AvgIpc) is 2.58. The van der Waals surface area contributed by atoms with Gasteiger partial charge in [0.25, 0.3) is 0 Å². The Balaban J connectivity index is 1.54. The maximum atomic E-state index is 12.6. The van der Waals surface area contributed by atoms with Crippen molar-refractivity contribution in [1.82, 2.24) is 5.32 Å². The zero-order valence-corrected chi connectivity index (χ0v) is 13.5. The largest absolute Gasteiger partial charge is 0.381 e. The molecule has 0 bridgehead atoms. The molecule has 4 heteroatoms. The van der Waals surface area contributed by atoms with Gasteiger partial charge in [0.15, 0.2) is 0 Å². The third-order valence-electron chi connectivity index (χ3n) is 6.29. The maximum Gasteiger partial charge on any atom is 0.240 e. The summed E-state index contributed by atoms with van der Waals surface area (Å²) in [6.07, 6.45) is 12.7. The molecule has 3 aliphatic rings. The molecule has 3 fully saturated rings. The van der Waals surface area contributed by atoms with Crippen LogP contribution in [0.3, 0.4) is 0 Å². The first-order valence-corrected chi connectivity index (χ1v) is 8.98. The molecule has 2 aliphatic carbocycles. The smallest absolute Gasteiger partial charge is 0.240 e. The van der Waals surface area contributed by atoms with Crippen LogP contribution in [0.5, 0.6) is 0 Å². The molecule has 0 aromatic heterocycles. The third kappa shape index (κ3) is 3.15. The van der Waals surface area contributed by atoms with Gasteiger partial charge in [0.2, 0.25) is 5.91 Å². The highest BCUT2D eigenvalue weighted by Crippen LogP contribution is 2.47. The highest BCUT2D eigenvalue weighted by Gasteiger charge is 2.42. The van der Waals surface area contributed by atoms with Crippen LogP contribution in [-0.4, -0.2) is 25.2 Å². The molecule has 0 aromatic carbocycles. The Morgan fingerprint density at radius 1 is 1.00 bits per heavy atom. The highest BCUT2D eigenvalue weighted by molar-refractivity contribution is 5.85. The van der Waals surface area contributed by atoms with Crippen LogP contribution in [0.25, 0.3) is 0 Å². The van der Waals surface area contributed by atoms with Gasteiger partial charge in [-0.15, -0.1) is 0 Å². The van der Waals surface area contributed by atoms with E-state index in [2.05, 4.69) is 11.4 Å². The van der Waals surface area contributed by atoms with E-state index in [0.29, 0.717) is 31.5 Å². The number of carbonyl (C=O) groups is 1. The minimum absolute atomic E-state index is 0.0529. The maximum absolute atomic E-state index is 12.6. The SMILES string of the molecule is N#CC1(C(=O)NC2CCC3(CCCCC3)CC2)CCOCC1. The second-order valence-corrected chi connectivity index (χ2v) is 7.61. The van der Waals surface area contributed by atoms with Crippen molar-refractivity contribution in [2.45, 2.75) is 76.7 Å². The quantitative estimate of drug-likeness (QED) is 0.851. The van der Waals surface area contributed by atoms with E-state index in [4.69, 9.17) is 4.74 Å². The molecule has 1 aliphatic heterocycles. The van der Waals surface area contributed by atoms with Gasteiger partial charge in [-0.25, -0.2) is 0 Å². The summed E-state index contributed by atoms with van der Waals surface area (Å²) in [5, 5.41) is 12.7. The monoisotopic (exact) mass is 304 g/mol. The number of carbonyl (C=O) groups excluding carboxylic acids is 1. The van der Waals surface area contributed by atoms with Crippen LogP contribution in [0, 0.1) is 22.2 Å². The zero-order valence-electron chi connectivity index (χ0n) is 13.5. The number of hydrogen-bond acceptors (Lipinski definition) is 3. The van der Waals surface area contributed by atoms with Crippen molar-refractivity contribution in [3.63, 3.8) is 0 Å². The lowest BCUT2D eigenvalue weighted by molar-refractivity contribution is -0.133. The topological polar surface area (TPSA) is 62.1 Å². The summed E-state index contributed by atoms with van der Waals surface area (Å²) in [5.41, 5.74) is -0.275. The summed E-state index contributed by atoms with van der Waals surface area (Å²) in [7, 11) is 0. The first kappa shape index (κ1) is 15.8. The van der Waals surface area contributed by atoms with Gasteiger partial charge in [0, 0.05) is 19.3 Å². The molecule has 22 heavy (non-hydrogen) atoms. The van der Waals surface area contributed by atoms with Crippen LogP contribution in [0.15, 0.2) is 0 Å². The van der Waals surface area contributed by atoms with Gasteiger partial charge in [-0.3, -0.25) is 4.79 Å². The molecule has 0 atom stereocenters. The van der Waals surface area contributed by atoms with Crippen molar-refractivity contribution in [2.75, 3.05) is 13.2 Å². The van der Waals surface area contributed by atoms with Gasteiger partial charge in [-0.1, -0.05) is 19.3 Å². The molecular weight excluding hydrogens is 276 g/mol. The van der Waals surface area contributed by atoms with Gasteiger partial charge in [0.1, 0.15) is 5.41 Å². The molecule has 0 aromatic rings. The van der Waals surface area contributed by atoms with Crippen molar-refractivity contribution in [1.29, 1.82) is 5.26 Å². The highest BCUT2D eigenvalue weighted by atomic mass is 16.5. The number of ether oxygens (including phenoxy) is 1. The number of hydrogen-bond donors (Lipinski definition) is 1. The lowest BCUT2D eigenvalue weighted by Crippen LogP contribution is -2.49. The summed E-state index contributed by atoms with van der Waals surface area (Å²) >= 11 is 0. The summed E-state index contributed by atoms with van der Waals surface area (Å²) in [5.74, 6) is -0.0529. The van der Waals surface area contributed by atoms with Crippen molar-refractivity contribution >= 4 is 5.91 Å². The van der Waals surface area contributed by atoms with E-state index >= 15 is 0 Å². The Kier molecular flexibility index (Phi) is 4.73. The summed E-state index contributed by atoms with van der Waals surface area (Å²) in [4.78, 5) is 12.6. The Labute approximate surface area is 133 Å². The minimum atomic E-state index is -0.849. The first-order valence-electron chi connectivity index (χ1n) is 8.98. The summed E-state index contributed by atoms with van der Waals surface area (Å²) in [6.45, 7) is 1.05. The summed E-state index contributed by atoms with van der Waals surface area (Å²) in [6, 6.07) is 2.54. The second-order valence-electron chi connectivity index (χ2n) is 7.61. The van der Waals surface area contributed by atoms with Crippen LogP contribution in [0.2, 0.25) is 0 Å². The molecular formula is C18H28N2O2. The van der Waals surface area contributed by atoms with Gasteiger partial charge < -0.3 is 10.1 Å². The minimum Gasteiger partial charge on any atom is -0.381 e. The fourth-order valence-electron chi connectivity index (χ4n) is 4.61. The normalized spacial score (nSPS) is 28.0. The van der Waals surface area contributed by atoms with Gasteiger partial charge in [0.05, 0.1) is 6.07 Å². The van der Waals surface area contributed by atoms with Crippen molar-refractivity contribution in [3.05, 3.63) is 0 Å². The molecule has 0 unspecified atom stereocenters. The van der Waals surface area contributed by atoms with Crippen molar-refractivity contribution in [3.8, 4) is 6.07 Å². The fourth-order valence-corrected chi connectivity index (χ4v) is 4.61. The molecule has 1 heterocycles. The van der Waals surface area contributed by atoms with Crippen LogP contribution >= 0.6 is 0 Å². The van der Waals surface area contributed by atoms with E-state index in [1.54, 1.807) is 0 Å². The number of nitrogens with one attached hydrogen (secondary N) is 1. The Hall–Kier alpha value is -1.08. The molecule has 1 N–H and O–H groups in total. The zero-order chi connectivity index (χ0) is 15.5. The molecule has 0 radical (unpaired) electrons. The third-order valence-corrected chi connectivity index (χ3v) is 6.29. The average molecular weight is 304 g/mol. The Bertz CT molecular complexity index is 432. The molecule has 1 amide bonds. The molecule has 1 saturated heterocycles. The van der Waals surface area contributed by atoms with Crippen molar-refractivity contribution in [2.24, 2.45) is 10.8 Å².